The van der Waals surface area contributed by atoms with E-state index in [4.69, 9.17) is 4.74 Å². The van der Waals surface area contributed by atoms with Gasteiger partial charge in [-0.05, 0) is 31.2 Å². The Balaban J connectivity index is 2.14. The Bertz CT molecular complexity index is 573. The fraction of sp³-hybridized carbons (Fsp3) is 0.400. The number of ether oxygens (including phenoxy) is 1. The van der Waals surface area contributed by atoms with Crippen LogP contribution in [0.15, 0.2) is 30.5 Å². The fourth-order valence-electron chi connectivity index (χ4n) is 2.07. The van der Waals surface area contributed by atoms with Crippen molar-refractivity contribution in [2.45, 2.75) is 19.9 Å². The minimum atomic E-state index is 0.146. The summed E-state index contributed by atoms with van der Waals surface area (Å²) in [4.78, 5) is 13.2. The van der Waals surface area contributed by atoms with Gasteiger partial charge in [0.25, 0.3) is 0 Å². The first-order valence-corrected chi connectivity index (χ1v) is 6.53. The Morgan fingerprint density at radius 2 is 2.11 bits per heavy atom. The van der Waals surface area contributed by atoms with Crippen molar-refractivity contribution in [1.29, 1.82) is 0 Å². The van der Waals surface area contributed by atoms with Gasteiger partial charge in [-0.3, -0.25) is 4.79 Å². The van der Waals surface area contributed by atoms with Gasteiger partial charge in [-0.15, -0.1) is 0 Å². The van der Waals surface area contributed by atoms with Crippen molar-refractivity contribution in [2.75, 3.05) is 20.7 Å². The zero-order chi connectivity index (χ0) is 13.8. The smallest absolute Gasteiger partial charge is 0.223 e. The van der Waals surface area contributed by atoms with Crippen molar-refractivity contribution in [1.82, 2.24) is 9.47 Å². The van der Waals surface area contributed by atoms with Crippen LogP contribution in [0.25, 0.3) is 10.9 Å². The normalized spacial score (nSPS) is 10.7. The predicted octanol–water partition coefficient (Wildman–Crippen LogP) is 2.52. The number of amides is 1. The Morgan fingerprint density at radius 3 is 2.79 bits per heavy atom. The molecule has 1 aromatic heterocycles. The number of carbonyl (C=O) groups is 1. The SMILES string of the molecule is CCOc1ccc2c(ccn2CCC(=O)N(C)C)c1. The molecular formula is C15H20N2O2. The Hall–Kier alpha value is -1.97. The van der Waals surface area contributed by atoms with Crippen LogP contribution in [0.3, 0.4) is 0 Å². The molecule has 0 atom stereocenters. The minimum absolute atomic E-state index is 0.146. The molecule has 0 radical (unpaired) electrons. The van der Waals surface area contributed by atoms with E-state index in [0.717, 1.165) is 16.7 Å². The average molecular weight is 260 g/mol. The van der Waals surface area contributed by atoms with Gasteiger partial charge in [0.1, 0.15) is 5.75 Å². The fourth-order valence-corrected chi connectivity index (χ4v) is 2.07. The van der Waals surface area contributed by atoms with Crippen molar-refractivity contribution >= 4 is 16.8 Å². The quantitative estimate of drug-likeness (QED) is 0.828. The summed E-state index contributed by atoms with van der Waals surface area (Å²) >= 11 is 0. The third-order valence-electron chi connectivity index (χ3n) is 3.12. The lowest BCUT2D eigenvalue weighted by Crippen LogP contribution is -2.22. The number of carbonyl (C=O) groups excluding carboxylic acids is 1. The van der Waals surface area contributed by atoms with Crippen LogP contribution in [-0.4, -0.2) is 36.1 Å². The Kier molecular flexibility index (Phi) is 4.10. The summed E-state index contributed by atoms with van der Waals surface area (Å²) in [6, 6.07) is 8.09. The number of nitrogens with zero attached hydrogens (tertiary/aromatic N) is 2. The molecule has 1 aromatic carbocycles. The first-order valence-electron chi connectivity index (χ1n) is 6.53. The monoisotopic (exact) mass is 260 g/mol. The molecule has 102 valence electrons. The maximum absolute atomic E-state index is 11.6. The van der Waals surface area contributed by atoms with E-state index in [9.17, 15) is 4.79 Å². The van der Waals surface area contributed by atoms with Crippen LogP contribution in [0, 0.1) is 0 Å². The molecule has 0 saturated heterocycles. The molecule has 0 aliphatic carbocycles. The van der Waals surface area contributed by atoms with Gasteiger partial charge < -0.3 is 14.2 Å². The highest BCUT2D eigenvalue weighted by Gasteiger charge is 2.07. The highest BCUT2D eigenvalue weighted by molar-refractivity contribution is 5.82. The third-order valence-corrected chi connectivity index (χ3v) is 3.12. The molecule has 0 saturated carbocycles. The van der Waals surface area contributed by atoms with E-state index in [-0.39, 0.29) is 5.91 Å². The summed E-state index contributed by atoms with van der Waals surface area (Å²) in [5.41, 5.74) is 1.13. The van der Waals surface area contributed by atoms with E-state index in [1.165, 1.54) is 0 Å². The number of aromatic nitrogens is 1. The number of benzene rings is 1. The number of rotatable bonds is 5. The second-order valence-corrected chi connectivity index (χ2v) is 4.70. The molecule has 4 heteroatoms. The molecule has 0 bridgehead atoms. The third kappa shape index (κ3) is 3.08. The number of hydrogen-bond acceptors (Lipinski definition) is 2. The zero-order valence-corrected chi connectivity index (χ0v) is 11.7. The molecule has 0 fully saturated rings. The van der Waals surface area contributed by atoms with E-state index >= 15 is 0 Å². The maximum atomic E-state index is 11.6. The molecule has 0 N–H and O–H groups in total. The van der Waals surface area contributed by atoms with E-state index in [1.54, 1.807) is 19.0 Å². The number of hydrogen-bond donors (Lipinski definition) is 0. The lowest BCUT2D eigenvalue weighted by atomic mass is 10.2. The first kappa shape index (κ1) is 13.5. The van der Waals surface area contributed by atoms with Crippen molar-refractivity contribution in [3.63, 3.8) is 0 Å². The minimum Gasteiger partial charge on any atom is -0.494 e. The summed E-state index contributed by atoms with van der Waals surface area (Å²) in [6.45, 7) is 3.35. The lowest BCUT2D eigenvalue weighted by Gasteiger charge is -2.11. The van der Waals surface area contributed by atoms with Gasteiger partial charge >= 0.3 is 0 Å². The Morgan fingerprint density at radius 1 is 1.32 bits per heavy atom. The molecule has 0 aliphatic heterocycles. The van der Waals surface area contributed by atoms with Crippen molar-refractivity contribution in [2.24, 2.45) is 0 Å². The van der Waals surface area contributed by atoms with Crippen molar-refractivity contribution < 1.29 is 9.53 Å². The largest absolute Gasteiger partial charge is 0.494 e. The van der Waals surface area contributed by atoms with Gasteiger partial charge in [-0.1, -0.05) is 0 Å². The predicted molar refractivity (Wildman–Crippen MR) is 76.4 cm³/mol. The van der Waals surface area contributed by atoms with Gasteiger partial charge in [0.15, 0.2) is 0 Å². The van der Waals surface area contributed by atoms with Gasteiger partial charge in [0.2, 0.25) is 5.91 Å². The maximum Gasteiger partial charge on any atom is 0.223 e. The van der Waals surface area contributed by atoms with Crippen LogP contribution >= 0.6 is 0 Å². The van der Waals surface area contributed by atoms with E-state index in [2.05, 4.69) is 10.6 Å². The number of fused-ring (bicyclic) bond motifs is 1. The van der Waals surface area contributed by atoms with Crippen molar-refractivity contribution in [3.8, 4) is 5.75 Å². The summed E-state index contributed by atoms with van der Waals surface area (Å²) in [7, 11) is 3.56. The summed E-state index contributed by atoms with van der Waals surface area (Å²) in [6.07, 6.45) is 2.54. The van der Waals surface area contributed by atoms with E-state index in [0.29, 0.717) is 19.6 Å². The molecule has 0 unspecified atom stereocenters. The van der Waals surface area contributed by atoms with Crippen LogP contribution < -0.4 is 4.74 Å². The number of aryl methyl sites for hydroxylation is 1. The van der Waals surface area contributed by atoms with E-state index in [1.807, 2.05) is 31.3 Å². The van der Waals surface area contributed by atoms with E-state index < -0.39 is 0 Å². The topological polar surface area (TPSA) is 34.5 Å². The van der Waals surface area contributed by atoms with Gasteiger partial charge in [0, 0.05) is 44.2 Å². The molecule has 2 rings (SSSR count). The van der Waals surface area contributed by atoms with Crippen LogP contribution in [0.1, 0.15) is 13.3 Å². The molecule has 1 amide bonds. The van der Waals surface area contributed by atoms with Crippen LogP contribution in [0.4, 0.5) is 0 Å². The molecule has 1 heterocycles. The lowest BCUT2D eigenvalue weighted by molar-refractivity contribution is -0.128. The Labute approximate surface area is 113 Å². The van der Waals surface area contributed by atoms with Crippen LogP contribution in [0.5, 0.6) is 5.75 Å². The molecule has 2 aromatic rings. The van der Waals surface area contributed by atoms with Gasteiger partial charge in [0.05, 0.1) is 6.61 Å². The highest BCUT2D eigenvalue weighted by atomic mass is 16.5. The summed E-state index contributed by atoms with van der Waals surface area (Å²) < 4.78 is 7.59. The summed E-state index contributed by atoms with van der Waals surface area (Å²) in [5, 5.41) is 1.14. The molecule has 4 nitrogen and oxygen atoms in total. The molecule has 0 spiro atoms. The second kappa shape index (κ2) is 5.78. The average Bonchev–Trinajstić information content (AvgIpc) is 2.78. The first-order chi connectivity index (χ1) is 9.11. The van der Waals surface area contributed by atoms with Gasteiger partial charge in [-0.2, -0.15) is 0 Å². The molecule has 19 heavy (non-hydrogen) atoms. The second-order valence-electron chi connectivity index (χ2n) is 4.70. The van der Waals surface area contributed by atoms with Crippen molar-refractivity contribution in [3.05, 3.63) is 30.5 Å². The zero-order valence-electron chi connectivity index (χ0n) is 11.7. The van der Waals surface area contributed by atoms with Crippen LogP contribution in [0.2, 0.25) is 0 Å². The summed E-state index contributed by atoms with van der Waals surface area (Å²) in [5.74, 6) is 1.03. The molecular weight excluding hydrogens is 240 g/mol. The van der Waals surface area contributed by atoms with Crippen LogP contribution in [-0.2, 0) is 11.3 Å². The van der Waals surface area contributed by atoms with Gasteiger partial charge in [-0.25, -0.2) is 0 Å². The highest BCUT2D eigenvalue weighted by Crippen LogP contribution is 2.22. The standard InChI is InChI=1S/C15H20N2O2/c1-4-19-13-5-6-14-12(11-13)7-9-17(14)10-8-15(18)16(2)3/h5-7,9,11H,4,8,10H2,1-3H3. The molecule has 0 aliphatic rings.